The van der Waals surface area contributed by atoms with E-state index in [9.17, 15) is 9.00 Å². The summed E-state index contributed by atoms with van der Waals surface area (Å²) in [5.41, 5.74) is 0. The largest absolute Gasteiger partial charge is 0.340 e. The lowest BCUT2D eigenvalue weighted by Gasteiger charge is -2.20. The number of nitrogens with zero attached hydrogens (tertiary/aromatic N) is 1. The smallest absolute Gasteiger partial charge is 0.239 e. The molecule has 1 saturated carbocycles. The summed E-state index contributed by atoms with van der Waals surface area (Å²) in [6, 6.07) is 0.594. The van der Waals surface area contributed by atoms with Crippen LogP contribution in [-0.2, 0) is 15.6 Å². The van der Waals surface area contributed by atoms with Gasteiger partial charge in [-0.25, -0.2) is 0 Å². The van der Waals surface area contributed by atoms with Crippen molar-refractivity contribution in [1.82, 2.24) is 10.2 Å². The Balaban J connectivity index is 1.83. The molecule has 2 rings (SSSR count). The quantitative estimate of drug-likeness (QED) is 0.746. The third-order valence-corrected chi connectivity index (χ3v) is 4.64. The van der Waals surface area contributed by atoms with Crippen LogP contribution in [0.5, 0.6) is 0 Å². The van der Waals surface area contributed by atoms with E-state index in [-0.39, 0.29) is 17.2 Å². The van der Waals surface area contributed by atoms with Crippen molar-refractivity contribution in [3.05, 3.63) is 0 Å². The number of amides is 1. The molecule has 2 fully saturated rings. The summed E-state index contributed by atoms with van der Waals surface area (Å²) >= 11 is 0. The molecule has 0 aromatic rings. The van der Waals surface area contributed by atoms with Crippen molar-refractivity contribution in [2.45, 2.75) is 43.5 Å². The number of carbonyl (C=O) groups is 1. The van der Waals surface area contributed by atoms with Gasteiger partial charge >= 0.3 is 0 Å². The van der Waals surface area contributed by atoms with E-state index in [1.54, 1.807) is 6.26 Å². The minimum Gasteiger partial charge on any atom is -0.340 e. The van der Waals surface area contributed by atoms with E-state index in [1.807, 2.05) is 11.8 Å². The van der Waals surface area contributed by atoms with Gasteiger partial charge in [-0.05, 0) is 26.2 Å². The van der Waals surface area contributed by atoms with Crippen molar-refractivity contribution in [3.63, 3.8) is 0 Å². The molecule has 1 N–H and O–H groups in total. The second-order valence-electron chi connectivity index (χ2n) is 4.88. The van der Waals surface area contributed by atoms with E-state index in [4.69, 9.17) is 0 Å². The molecule has 0 spiro atoms. The third kappa shape index (κ3) is 2.83. The van der Waals surface area contributed by atoms with Crippen LogP contribution < -0.4 is 5.32 Å². The number of hydrogen-bond donors (Lipinski definition) is 1. The Hall–Kier alpha value is -0.420. The zero-order valence-electron chi connectivity index (χ0n) is 9.94. The van der Waals surface area contributed by atoms with Gasteiger partial charge in [0.05, 0.1) is 6.04 Å². The lowest BCUT2D eigenvalue weighted by atomic mass is 10.2. The molecule has 3 atom stereocenters. The van der Waals surface area contributed by atoms with Crippen LogP contribution in [-0.4, -0.2) is 51.7 Å². The van der Waals surface area contributed by atoms with Crippen LogP contribution in [0.15, 0.2) is 0 Å². The first-order valence-electron chi connectivity index (χ1n) is 5.95. The molecule has 4 nitrogen and oxygen atoms in total. The van der Waals surface area contributed by atoms with Crippen LogP contribution in [0.2, 0.25) is 0 Å². The highest BCUT2D eigenvalue weighted by molar-refractivity contribution is 7.84. The Kier molecular flexibility index (Phi) is 3.64. The molecule has 0 aromatic carbocycles. The highest BCUT2D eigenvalue weighted by Crippen LogP contribution is 2.22. The molecule has 1 aliphatic heterocycles. The number of likely N-dealkylation sites (tertiary alicyclic amines) is 1. The molecule has 1 saturated heterocycles. The molecule has 92 valence electrons. The molecule has 2 aliphatic rings. The fourth-order valence-electron chi connectivity index (χ4n) is 2.02. The van der Waals surface area contributed by atoms with Gasteiger partial charge in [0.2, 0.25) is 5.91 Å². The Bertz CT molecular complexity index is 304. The van der Waals surface area contributed by atoms with E-state index in [2.05, 4.69) is 5.32 Å². The van der Waals surface area contributed by atoms with Gasteiger partial charge in [0.25, 0.3) is 0 Å². The summed E-state index contributed by atoms with van der Waals surface area (Å²) in [4.78, 5) is 13.8. The zero-order valence-corrected chi connectivity index (χ0v) is 10.8. The van der Waals surface area contributed by atoms with E-state index in [0.717, 1.165) is 13.0 Å². The molecule has 1 amide bonds. The Morgan fingerprint density at radius 1 is 1.50 bits per heavy atom. The molecule has 0 bridgehead atoms. The van der Waals surface area contributed by atoms with Gasteiger partial charge in [-0.1, -0.05) is 0 Å². The monoisotopic (exact) mass is 244 g/mol. The Labute approximate surface area is 99.2 Å². The van der Waals surface area contributed by atoms with Crippen LogP contribution in [0.1, 0.15) is 26.2 Å². The molecular weight excluding hydrogens is 224 g/mol. The number of carbonyl (C=O) groups excluding carboxylic acids is 1. The number of rotatable bonds is 5. The van der Waals surface area contributed by atoms with E-state index in [0.29, 0.717) is 12.6 Å². The molecule has 1 heterocycles. The molecule has 3 unspecified atom stereocenters. The summed E-state index contributed by atoms with van der Waals surface area (Å²) in [7, 11) is -0.845. The Morgan fingerprint density at radius 2 is 2.19 bits per heavy atom. The maximum Gasteiger partial charge on any atom is 0.239 e. The van der Waals surface area contributed by atoms with Crippen molar-refractivity contribution in [3.8, 4) is 0 Å². The molecular formula is C11H20N2O2S. The fourth-order valence-corrected chi connectivity index (χ4v) is 2.41. The topological polar surface area (TPSA) is 49.4 Å². The minimum absolute atomic E-state index is 0.0185. The lowest BCUT2D eigenvalue weighted by Crippen LogP contribution is -2.41. The van der Waals surface area contributed by atoms with Gasteiger partial charge in [-0.2, -0.15) is 0 Å². The van der Waals surface area contributed by atoms with E-state index < -0.39 is 10.8 Å². The van der Waals surface area contributed by atoms with Crippen LogP contribution in [0.4, 0.5) is 0 Å². The van der Waals surface area contributed by atoms with Crippen LogP contribution in [0.25, 0.3) is 0 Å². The summed E-state index contributed by atoms with van der Waals surface area (Å²) < 4.78 is 11.3. The summed E-state index contributed by atoms with van der Waals surface area (Å²) in [5, 5.41) is 3.44. The average molecular weight is 244 g/mol. The Morgan fingerprint density at radius 3 is 2.75 bits per heavy atom. The predicted molar refractivity (Wildman–Crippen MR) is 64.7 cm³/mol. The first kappa shape index (κ1) is 12.0. The van der Waals surface area contributed by atoms with Gasteiger partial charge in [0.1, 0.15) is 0 Å². The third-order valence-electron chi connectivity index (χ3n) is 3.36. The highest BCUT2D eigenvalue weighted by atomic mass is 32.2. The van der Waals surface area contributed by atoms with E-state index >= 15 is 0 Å². The fraction of sp³-hybridized carbons (Fsp3) is 0.909. The van der Waals surface area contributed by atoms with Gasteiger partial charge in [0.15, 0.2) is 0 Å². The first-order chi connectivity index (χ1) is 7.58. The number of nitrogens with one attached hydrogen (secondary N) is 1. The van der Waals surface area contributed by atoms with Crippen LogP contribution in [0.3, 0.4) is 0 Å². The van der Waals surface area contributed by atoms with Crippen molar-refractivity contribution in [1.29, 1.82) is 0 Å². The second kappa shape index (κ2) is 4.84. The van der Waals surface area contributed by atoms with Gasteiger partial charge in [-0.15, -0.1) is 0 Å². The van der Waals surface area contributed by atoms with Crippen molar-refractivity contribution >= 4 is 16.7 Å². The first-order valence-corrected chi connectivity index (χ1v) is 7.57. The van der Waals surface area contributed by atoms with Gasteiger partial charge < -0.3 is 10.2 Å². The molecule has 0 radical (unpaired) electrons. The maximum absolute atomic E-state index is 12.0. The summed E-state index contributed by atoms with van der Waals surface area (Å²) in [6.45, 7) is 3.38. The van der Waals surface area contributed by atoms with Gasteiger partial charge in [0, 0.05) is 41.4 Å². The SMILES string of the molecule is CC(CN1CCC(NC2CC2)C1=O)S(C)=O. The minimum atomic E-state index is -0.845. The molecule has 1 aliphatic carbocycles. The summed E-state index contributed by atoms with van der Waals surface area (Å²) in [6.07, 6.45) is 5.02. The molecule has 5 heteroatoms. The molecule has 16 heavy (non-hydrogen) atoms. The van der Waals surface area contributed by atoms with Crippen LogP contribution >= 0.6 is 0 Å². The normalized spacial score (nSPS) is 29.5. The summed E-state index contributed by atoms with van der Waals surface area (Å²) in [5.74, 6) is 0.198. The van der Waals surface area contributed by atoms with Crippen molar-refractivity contribution < 1.29 is 9.00 Å². The average Bonchev–Trinajstić information content (AvgIpc) is 2.98. The second-order valence-corrected chi connectivity index (χ2v) is 6.68. The predicted octanol–water partition coefficient (Wildman–Crippen LogP) is 0.106. The maximum atomic E-state index is 12.0. The van der Waals surface area contributed by atoms with Gasteiger partial charge in [-0.3, -0.25) is 9.00 Å². The number of hydrogen-bond acceptors (Lipinski definition) is 3. The highest BCUT2D eigenvalue weighted by Gasteiger charge is 2.36. The van der Waals surface area contributed by atoms with Crippen molar-refractivity contribution in [2.24, 2.45) is 0 Å². The zero-order chi connectivity index (χ0) is 11.7. The molecule has 0 aromatic heterocycles. The van der Waals surface area contributed by atoms with Crippen LogP contribution in [0, 0.1) is 0 Å². The van der Waals surface area contributed by atoms with E-state index in [1.165, 1.54) is 12.8 Å². The van der Waals surface area contributed by atoms with Crippen molar-refractivity contribution in [2.75, 3.05) is 19.3 Å². The standard InChI is InChI=1S/C11H20N2O2S/c1-8(16(2)15)7-13-6-5-10(11(13)14)12-9-3-4-9/h8-10,12H,3-7H2,1-2H3. The lowest BCUT2D eigenvalue weighted by molar-refractivity contribution is -0.129.